The van der Waals surface area contributed by atoms with Gasteiger partial charge in [0.05, 0.1) is 4.92 Å². The van der Waals surface area contributed by atoms with Crippen molar-refractivity contribution in [2.75, 3.05) is 11.9 Å². The first-order chi connectivity index (χ1) is 10.1. The van der Waals surface area contributed by atoms with Crippen molar-refractivity contribution in [1.29, 1.82) is 0 Å². The van der Waals surface area contributed by atoms with E-state index in [-0.39, 0.29) is 24.0 Å². The second-order valence-electron chi connectivity index (χ2n) is 4.08. The normalized spacial score (nSPS) is 10.2. The highest BCUT2D eigenvalue weighted by Crippen LogP contribution is 2.31. The fourth-order valence-corrected chi connectivity index (χ4v) is 1.79. The lowest BCUT2D eigenvalue weighted by atomic mass is 10.2. The summed E-state index contributed by atoms with van der Waals surface area (Å²) in [6.07, 6.45) is 1.22. The van der Waals surface area contributed by atoms with Gasteiger partial charge in [-0.05, 0) is 24.6 Å². The number of ether oxygens (including phenoxy) is 1. The number of hydrogen-bond acceptors (Lipinski definition) is 6. The average Bonchev–Trinajstić information content (AvgIpc) is 2.47. The quantitative estimate of drug-likeness (QED) is 0.651. The van der Waals surface area contributed by atoms with Gasteiger partial charge in [0.25, 0.3) is 5.88 Å². The highest BCUT2D eigenvalue weighted by molar-refractivity contribution is 6.30. The van der Waals surface area contributed by atoms with Crippen molar-refractivity contribution in [2.24, 2.45) is 0 Å². The van der Waals surface area contributed by atoms with Gasteiger partial charge >= 0.3 is 5.69 Å². The molecule has 0 aliphatic carbocycles. The van der Waals surface area contributed by atoms with Crippen LogP contribution in [0.2, 0.25) is 5.02 Å². The Hall–Kier alpha value is -2.41. The van der Waals surface area contributed by atoms with Crippen LogP contribution in [0.4, 0.5) is 11.5 Å². The fraction of sp³-hybridized carbons (Fsp3) is 0.231. The van der Waals surface area contributed by atoms with E-state index in [1.807, 2.05) is 6.92 Å². The monoisotopic (exact) mass is 308 g/mol. The van der Waals surface area contributed by atoms with Crippen molar-refractivity contribution < 1.29 is 9.66 Å². The molecule has 21 heavy (non-hydrogen) atoms. The van der Waals surface area contributed by atoms with Crippen molar-refractivity contribution in [3.8, 4) is 5.88 Å². The molecule has 0 unspecified atom stereocenters. The topological polar surface area (TPSA) is 90.2 Å². The molecular weight excluding hydrogens is 296 g/mol. The smallest absolute Gasteiger partial charge is 0.372 e. The van der Waals surface area contributed by atoms with E-state index in [9.17, 15) is 10.1 Å². The zero-order chi connectivity index (χ0) is 15.2. The van der Waals surface area contributed by atoms with Crippen LogP contribution < -0.4 is 10.1 Å². The molecule has 0 radical (unpaired) electrons. The number of halogens is 1. The van der Waals surface area contributed by atoms with E-state index in [2.05, 4.69) is 15.3 Å². The van der Waals surface area contributed by atoms with Gasteiger partial charge < -0.3 is 10.1 Å². The lowest BCUT2D eigenvalue weighted by molar-refractivity contribution is -0.385. The summed E-state index contributed by atoms with van der Waals surface area (Å²) in [6.45, 7) is 2.48. The maximum atomic E-state index is 11.2. The Morgan fingerprint density at radius 1 is 1.33 bits per heavy atom. The Labute approximate surface area is 126 Å². The number of benzene rings is 1. The van der Waals surface area contributed by atoms with Gasteiger partial charge in [0, 0.05) is 11.6 Å². The Morgan fingerprint density at radius 3 is 2.67 bits per heavy atom. The molecular formula is C13H13ClN4O3. The summed E-state index contributed by atoms with van der Waals surface area (Å²) >= 11 is 5.79. The van der Waals surface area contributed by atoms with Crippen molar-refractivity contribution in [2.45, 2.75) is 13.5 Å². The van der Waals surface area contributed by atoms with Crippen molar-refractivity contribution in [1.82, 2.24) is 9.97 Å². The van der Waals surface area contributed by atoms with Gasteiger partial charge in [-0.15, -0.1) is 0 Å². The zero-order valence-electron chi connectivity index (χ0n) is 11.2. The minimum atomic E-state index is -0.560. The number of nitrogens with one attached hydrogen (secondary N) is 1. The molecule has 8 heteroatoms. The highest BCUT2D eigenvalue weighted by atomic mass is 35.5. The van der Waals surface area contributed by atoms with Crippen molar-refractivity contribution >= 4 is 23.1 Å². The molecule has 0 fully saturated rings. The van der Waals surface area contributed by atoms with E-state index in [0.717, 1.165) is 5.56 Å². The molecule has 0 aliphatic heterocycles. The molecule has 1 heterocycles. The first-order valence-electron chi connectivity index (χ1n) is 6.22. The molecule has 0 amide bonds. The minimum absolute atomic E-state index is 0.0686. The molecule has 0 saturated heterocycles. The van der Waals surface area contributed by atoms with Crippen LogP contribution >= 0.6 is 11.6 Å². The van der Waals surface area contributed by atoms with Crippen LogP contribution in [0.3, 0.4) is 0 Å². The molecule has 110 valence electrons. The van der Waals surface area contributed by atoms with Crippen LogP contribution in [-0.2, 0) is 6.61 Å². The highest BCUT2D eigenvalue weighted by Gasteiger charge is 2.24. The number of rotatable bonds is 6. The minimum Gasteiger partial charge on any atom is -0.468 e. The number of anilines is 1. The number of hydrogen-bond donors (Lipinski definition) is 1. The molecule has 2 rings (SSSR count). The number of nitrogens with zero attached hydrogens (tertiary/aromatic N) is 3. The Bertz CT molecular complexity index is 634. The lowest BCUT2D eigenvalue weighted by Crippen LogP contribution is -2.07. The molecule has 1 aromatic heterocycles. The van der Waals surface area contributed by atoms with Crippen LogP contribution in [0.5, 0.6) is 5.88 Å². The Morgan fingerprint density at radius 2 is 2.05 bits per heavy atom. The van der Waals surface area contributed by atoms with Crippen LogP contribution in [0.1, 0.15) is 12.5 Å². The van der Waals surface area contributed by atoms with E-state index >= 15 is 0 Å². The van der Waals surface area contributed by atoms with Crippen LogP contribution in [0, 0.1) is 10.1 Å². The summed E-state index contributed by atoms with van der Waals surface area (Å²) in [5.74, 6) is 0.0736. The zero-order valence-corrected chi connectivity index (χ0v) is 12.0. The maximum Gasteiger partial charge on any atom is 0.372 e. The third-order valence-corrected chi connectivity index (χ3v) is 2.86. The standard InChI is InChI=1S/C13H13ClN4O3/c1-2-15-12-11(18(19)20)13(17-8-16-12)21-7-9-3-5-10(14)6-4-9/h3-6,8H,2,7H2,1H3,(H,15,16,17). The fourth-order valence-electron chi connectivity index (χ4n) is 1.66. The van der Waals surface area contributed by atoms with E-state index in [1.165, 1.54) is 6.33 Å². The van der Waals surface area contributed by atoms with Gasteiger partial charge in [0.1, 0.15) is 12.9 Å². The van der Waals surface area contributed by atoms with E-state index in [1.54, 1.807) is 24.3 Å². The molecule has 7 nitrogen and oxygen atoms in total. The summed E-state index contributed by atoms with van der Waals surface area (Å²) in [6, 6.07) is 7.00. The summed E-state index contributed by atoms with van der Waals surface area (Å²) in [5.41, 5.74) is 0.561. The van der Waals surface area contributed by atoms with Gasteiger partial charge in [0.2, 0.25) is 5.82 Å². The van der Waals surface area contributed by atoms with Crippen LogP contribution in [0.15, 0.2) is 30.6 Å². The summed E-state index contributed by atoms with van der Waals surface area (Å²) < 4.78 is 5.44. The van der Waals surface area contributed by atoms with Gasteiger partial charge in [0.15, 0.2) is 0 Å². The molecule has 0 aliphatic rings. The first-order valence-corrected chi connectivity index (χ1v) is 6.60. The maximum absolute atomic E-state index is 11.2. The third kappa shape index (κ3) is 3.79. The molecule has 1 N–H and O–H groups in total. The molecule has 0 spiro atoms. The lowest BCUT2D eigenvalue weighted by Gasteiger charge is -2.08. The van der Waals surface area contributed by atoms with Crippen LogP contribution in [0.25, 0.3) is 0 Å². The predicted octanol–water partition coefficient (Wildman–Crippen LogP) is 3.05. The van der Waals surface area contributed by atoms with Crippen molar-refractivity contribution in [3.63, 3.8) is 0 Å². The summed E-state index contributed by atoms with van der Waals surface area (Å²) in [5, 5.41) is 14.6. The third-order valence-electron chi connectivity index (χ3n) is 2.60. The molecule has 0 atom stereocenters. The van der Waals surface area contributed by atoms with Crippen molar-refractivity contribution in [3.05, 3.63) is 51.3 Å². The summed E-state index contributed by atoms with van der Waals surface area (Å²) in [4.78, 5) is 18.3. The first kappa shape index (κ1) is 15.0. The largest absolute Gasteiger partial charge is 0.468 e. The molecule has 0 bridgehead atoms. The summed E-state index contributed by atoms with van der Waals surface area (Å²) in [7, 11) is 0. The van der Waals surface area contributed by atoms with Gasteiger partial charge in [-0.2, -0.15) is 4.98 Å². The van der Waals surface area contributed by atoms with E-state index in [0.29, 0.717) is 11.6 Å². The molecule has 1 aromatic carbocycles. The average molecular weight is 309 g/mol. The second kappa shape index (κ2) is 6.85. The second-order valence-corrected chi connectivity index (χ2v) is 4.52. The Kier molecular flexibility index (Phi) is 4.89. The van der Waals surface area contributed by atoms with E-state index < -0.39 is 4.92 Å². The van der Waals surface area contributed by atoms with Gasteiger partial charge in [-0.1, -0.05) is 23.7 Å². The number of nitro groups is 1. The van der Waals surface area contributed by atoms with Gasteiger partial charge in [-0.3, -0.25) is 10.1 Å². The Balaban J connectivity index is 2.21. The number of aromatic nitrogens is 2. The van der Waals surface area contributed by atoms with Crippen LogP contribution in [-0.4, -0.2) is 21.4 Å². The molecule has 2 aromatic rings. The van der Waals surface area contributed by atoms with Gasteiger partial charge in [-0.25, -0.2) is 4.98 Å². The molecule has 0 saturated carbocycles. The predicted molar refractivity (Wildman–Crippen MR) is 78.6 cm³/mol. The SMILES string of the molecule is CCNc1ncnc(OCc2ccc(Cl)cc2)c1[N+](=O)[O-]. The van der Waals surface area contributed by atoms with E-state index in [4.69, 9.17) is 16.3 Å².